The topological polar surface area (TPSA) is 95.7 Å². The average Bonchev–Trinajstić information content (AvgIpc) is 2.98. The molecule has 2 saturated heterocycles. The second-order valence-electron chi connectivity index (χ2n) is 8.36. The Morgan fingerprint density at radius 3 is 2.61 bits per heavy atom. The van der Waals surface area contributed by atoms with Crippen molar-refractivity contribution in [2.75, 3.05) is 13.1 Å². The molecule has 3 N–H and O–H groups in total. The third kappa shape index (κ3) is 3.69. The molecule has 2 fully saturated rings. The lowest BCUT2D eigenvalue weighted by molar-refractivity contribution is -0.136. The van der Waals surface area contributed by atoms with Gasteiger partial charge in [-0.1, -0.05) is 12.1 Å². The van der Waals surface area contributed by atoms with Crippen LogP contribution < -0.4 is 11.1 Å². The Morgan fingerprint density at radius 1 is 1.18 bits per heavy atom. The van der Waals surface area contributed by atoms with Gasteiger partial charge in [0.1, 0.15) is 6.04 Å². The molecule has 1 aromatic rings. The fourth-order valence-corrected chi connectivity index (χ4v) is 4.62. The molecular weight excluding hydrogens is 356 g/mol. The summed E-state index contributed by atoms with van der Waals surface area (Å²) in [6.07, 6.45) is 2.93. The highest BCUT2D eigenvalue weighted by Crippen LogP contribution is 2.29. The molecule has 3 heterocycles. The van der Waals surface area contributed by atoms with Crippen LogP contribution in [0.1, 0.15) is 54.1 Å². The van der Waals surface area contributed by atoms with E-state index in [0.717, 1.165) is 38.0 Å². The van der Waals surface area contributed by atoms with Gasteiger partial charge in [0.2, 0.25) is 11.8 Å². The Bertz CT molecular complexity index is 799. The van der Waals surface area contributed by atoms with E-state index in [2.05, 4.69) is 23.2 Å². The molecule has 150 valence electrons. The minimum absolute atomic E-state index is 0.117. The number of nitrogens with one attached hydrogen (secondary N) is 1. The number of rotatable bonds is 4. The van der Waals surface area contributed by atoms with Gasteiger partial charge in [0.15, 0.2) is 0 Å². The lowest BCUT2D eigenvalue weighted by Crippen LogP contribution is -2.52. The molecule has 2 atom stereocenters. The van der Waals surface area contributed by atoms with Crippen LogP contribution in [0.5, 0.6) is 0 Å². The highest BCUT2D eigenvalue weighted by Gasteiger charge is 2.39. The molecule has 0 spiro atoms. The van der Waals surface area contributed by atoms with Crippen molar-refractivity contribution >= 4 is 17.7 Å². The summed E-state index contributed by atoms with van der Waals surface area (Å²) in [6, 6.07) is 5.69. The summed E-state index contributed by atoms with van der Waals surface area (Å²) in [6.45, 7) is 5.48. The second kappa shape index (κ2) is 7.64. The molecule has 28 heavy (non-hydrogen) atoms. The Hall–Kier alpha value is -2.25. The molecule has 3 aliphatic rings. The van der Waals surface area contributed by atoms with E-state index in [-0.39, 0.29) is 30.2 Å². The van der Waals surface area contributed by atoms with Crippen molar-refractivity contribution in [2.45, 2.75) is 57.8 Å². The number of benzene rings is 1. The summed E-state index contributed by atoms with van der Waals surface area (Å²) in [5, 5.41) is 2.34. The number of hydrogen-bond donors (Lipinski definition) is 2. The van der Waals surface area contributed by atoms with E-state index in [1.807, 2.05) is 12.1 Å². The normalized spacial score (nSPS) is 25.0. The lowest BCUT2D eigenvalue weighted by atomic mass is 9.91. The van der Waals surface area contributed by atoms with Gasteiger partial charge in [-0.2, -0.15) is 0 Å². The summed E-state index contributed by atoms with van der Waals surface area (Å²) >= 11 is 0. The van der Waals surface area contributed by atoms with E-state index >= 15 is 0 Å². The number of piperidine rings is 2. The molecular formula is C21H28N4O3. The number of nitrogens with zero attached hydrogens (tertiary/aromatic N) is 2. The van der Waals surface area contributed by atoms with E-state index in [1.165, 1.54) is 5.56 Å². The maximum atomic E-state index is 12.8. The van der Waals surface area contributed by atoms with Crippen LogP contribution >= 0.6 is 0 Å². The SMILES string of the molecule is C[C@H](N)C1CCN(Cc2ccc3c(c2)CN(C2CCC(=O)NC2=O)C3=O)CC1. The fraction of sp³-hybridized carbons (Fsp3) is 0.571. The van der Waals surface area contributed by atoms with Crippen LogP contribution in [-0.2, 0) is 22.7 Å². The smallest absolute Gasteiger partial charge is 0.255 e. The van der Waals surface area contributed by atoms with Crippen LogP contribution in [0.25, 0.3) is 0 Å². The van der Waals surface area contributed by atoms with Crippen LogP contribution in [0, 0.1) is 5.92 Å². The van der Waals surface area contributed by atoms with Gasteiger partial charge >= 0.3 is 0 Å². The van der Waals surface area contributed by atoms with Gasteiger partial charge in [-0.15, -0.1) is 0 Å². The molecule has 3 amide bonds. The standard InChI is InChI=1S/C21H28N4O3/c1-13(22)15-6-8-24(9-7-15)11-14-2-3-17-16(10-14)12-25(21(17)28)18-4-5-19(26)23-20(18)27/h2-3,10,13,15,18H,4-9,11-12,22H2,1H3,(H,23,26,27)/t13-,18?/m0/s1. The Kier molecular flexibility index (Phi) is 5.21. The van der Waals surface area contributed by atoms with Crippen LogP contribution in [0.3, 0.4) is 0 Å². The molecule has 0 radical (unpaired) electrons. The molecule has 3 aliphatic heterocycles. The molecule has 0 aliphatic carbocycles. The molecule has 1 unspecified atom stereocenters. The first-order valence-corrected chi connectivity index (χ1v) is 10.2. The number of amides is 3. The summed E-state index contributed by atoms with van der Waals surface area (Å²) < 4.78 is 0. The second-order valence-corrected chi connectivity index (χ2v) is 8.36. The highest BCUT2D eigenvalue weighted by atomic mass is 16.2. The summed E-state index contributed by atoms with van der Waals surface area (Å²) in [5.41, 5.74) is 8.86. The van der Waals surface area contributed by atoms with Gasteiger partial charge in [-0.25, -0.2) is 0 Å². The van der Waals surface area contributed by atoms with Crippen molar-refractivity contribution in [2.24, 2.45) is 11.7 Å². The molecule has 1 aromatic carbocycles. The third-order valence-electron chi connectivity index (χ3n) is 6.37. The number of likely N-dealkylation sites (tertiary alicyclic amines) is 1. The van der Waals surface area contributed by atoms with Gasteiger partial charge in [-0.05, 0) is 62.4 Å². The zero-order chi connectivity index (χ0) is 19.8. The van der Waals surface area contributed by atoms with Gasteiger partial charge in [-0.3, -0.25) is 24.6 Å². The first-order chi connectivity index (χ1) is 13.4. The molecule has 4 rings (SSSR count). The Morgan fingerprint density at radius 2 is 1.93 bits per heavy atom. The van der Waals surface area contributed by atoms with Gasteiger partial charge < -0.3 is 10.6 Å². The molecule has 0 aromatic heterocycles. The lowest BCUT2D eigenvalue weighted by Gasteiger charge is -2.33. The van der Waals surface area contributed by atoms with Crippen molar-refractivity contribution in [3.63, 3.8) is 0 Å². The van der Waals surface area contributed by atoms with Crippen LogP contribution in [-0.4, -0.2) is 52.7 Å². The van der Waals surface area contributed by atoms with Crippen molar-refractivity contribution in [1.29, 1.82) is 0 Å². The zero-order valence-corrected chi connectivity index (χ0v) is 16.3. The minimum atomic E-state index is -0.557. The highest BCUT2D eigenvalue weighted by molar-refractivity contribution is 6.05. The third-order valence-corrected chi connectivity index (χ3v) is 6.37. The van der Waals surface area contributed by atoms with Gasteiger partial charge in [0, 0.05) is 31.1 Å². The van der Waals surface area contributed by atoms with Gasteiger partial charge in [0.25, 0.3) is 5.91 Å². The van der Waals surface area contributed by atoms with Crippen molar-refractivity contribution in [3.8, 4) is 0 Å². The molecule has 7 heteroatoms. The first-order valence-electron chi connectivity index (χ1n) is 10.2. The average molecular weight is 384 g/mol. The zero-order valence-electron chi connectivity index (χ0n) is 16.3. The van der Waals surface area contributed by atoms with Crippen molar-refractivity contribution in [1.82, 2.24) is 15.1 Å². The quantitative estimate of drug-likeness (QED) is 0.756. The molecule has 0 saturated carbocycles. The first kappa shape index (κ1) is 19.1. The van der Waals surface area contributed by atoms with Crippen molar-refractivity contribution in [3.05, 3.63) is 34.9 Å². The van der Waals surface area contributed by atoms with E-state index in [4.69, 9.17) is 5.73 Å². The van der Waals surface area contributed by atoms with E-state index in [9.17, 15) is 14.4 Å². The summed E-state index contributed by atoms with van der Waals surface area (Å²) in [4.78, 5) is 40.3. The number of hydrogen-bond acceptors (Lipinski definition) is 5. The van der Waals surface area contributed by atoms with E-state index in [1.54, 1.807) is 4.90 Å². The molecule has 0 bridgehead atoms. The summed E-state index contributed by atoms with van der Waals surface area (Å²) in [7, 11) is 0. The fourth-order valence-electron chi connectivity index (χ4n) is 4.62. The van der Waals surface area contributed by atoms with E-state index < -0.39 is 6.04 Å². The monoisotopic (exact) mass is 384 g/mol. The van der Waals surface area contributed by atoms with Crippen LogP contribution in [0.4, 0.5) is 0 Å². The van der Waals surface area contributed by atoms with Crippen LogP contribution in [0.15, 0.2) is 18.2 Å². The van der Waals surface area contributed by atoms with E-state index in [0.29, 0.717) is 24.4 Å². The molecule has 7 nitrogen and oxygen atoms in total. The largest absolute Gasteiger partial charge is 0.328 e. The Balaban J connectivity index is 1.41. The maximum Gasteiger partial charge on any atom is 0.255 e. The number of fused-ring (bicyclic) bond motifs is 1. The number of imide groups is 1. The van der Waals surface area contributed by atoms with Crippen LogP contribution in [0.2, 0.25) is 0 Å². The predicted molar refractivity (Wildman–Crippen MR) is 104 cm³/mol. The maximum absolute atomic E-state index is 12.8. The number of carbonyl (C=O) groups excluding carboxylic acids is 3. The minimum Gasteiger partial charge on any atom is -0.328 e. The Labute approximate surface area is 165 Å². The van der Waals surface area contributed by atoms with Gasteiger partial charge in [0.05, 0.1) is 0 Å². The summed E-state index contributed by atoms with van der Waals surface area (Å²) in [5.74, 6) is -0.139. The predicted octanol–water partition coefficient (Wildman–Crippen LogP) is 1.01. The number of carbonyl (C=O) groups is 3. The number of nitrogens with two attached hydrogens (primary N) is 1. The van der Waals surface area contributed by atoms with Crippen molar-refractivity contribution < 1.29 is 14.4 Å².